The molecule has 0 radical (unpaired) electrons. The van der Waals surface area contributed by atoms with Crippen LogP contribution in [0.1, 0.15) is 18.4 Å². The minimum absolute atomic E-state index is 0.0298. The van der Waals surface area contributed by atoms with Crippen LogP contribution in [0.15, 0.2) is 73.2 Å². The Labute approximate surface area is 229 Å². The van der Waals surface area contributed by atoms with E-state index in [0.29, 0.717) is 29.8 Å². The molecule has 10 nitrogen and oxygen atoms in total. The molecule has 1 fully saturated rings. The molecule has 39 heavy (non-hydrogen) atoms. The summed E-state index contributed by atoms with van der Waals surface area (Å²) in [4.78, 5) is 24.7. The molecule has 0 saturated carbocycles. The van der Waals surface area contributed by atoms with Crippen LogP contribution in [0.25, 0.3) is 0 Å². The molecule has 2 aliphatic rings. The number of benzene rings is 1. The lowest BCUT2D eigenvalue weighted by molar-refractivity contribution is 0.163. The van der Waals surface area contributed by atoms with Gasteiger partial charge in [0.05, 0.1) is 23.0 Å². The molecule has 4 heterocycles. The van der Waals surface area contributed by atoms with Crippen LogP contribution >= 0.6 is 0 Å². The van der Waals surface area contributed by atoms with Gasteiger partial charge in [0.1, 0.15) is 18.2 Å². The second-order valence-corrected chi connectivity index (χ2v) is 11.7. The Morgan fingerprint density at radius 1 is 1.03 bits per heavy atom. The summed E-state index contributed by atoms with van der Waals surface area (Å²) in [6.07, 6.45) is 12.6. The number of hydrogen-bond acceptors (Lipinski definition) is 10. The molecular formula is C28H33N7O3S. The van der Waals surface area contributed by atoms with Crippen LogP contribution in [0.5, 0.6) is 5.88 Å². The third-order valence-corrected chi connectivity index (χ3v) is 8.09. The van der Waals surface area contributed by atoms with E-state index in [9.17, 15) is 8.42 Å². The van der Waals surface area contributed by atoms with Gasteiger partial charge >= 0.3 is 0 Å². The predicted octanol–water partition coefficient (Wildman–Crippen LogP) is 3.59. The van der Waals surface area contributed by atoms with Crippen molar-refractivity contribution >= 4 is 33.0 Å². The van der Waals surface area contributed by atoms with Gasteiger partial charge in [-0.25, -0.2) is 28.4 Å². The zero-order valence-corrected chi connectivity index (χ0v) is 22.9. The molecule has 5 rings (SSSR count). The minimum atomic E-state index is -3.25. The summed E-state index contributed by atoms with van der Waals surface area (Å²) in [6, 6.07) is 7.11. The molecule has 204 valence electrons. The number of piperidine rings is 1. The Bertz CT molecular complexity index is 1430. The third-order valence-electron chi connectivity index (χ3n) is 6.98. The molecule has 2 aromatic heterocycles. The average molecular weight is 548 g/mol. The summed E-state index contributed by atoms with van der Waals surface area (Å²) in [6.45, 7) is 11.3. The second-order valence-electron chi connectivity index (χ2n) is 9.71. The summed E-state index contributed by atoms with van der Waals surface area (Å²) in [7, 11) is -3.25. The van der Waals surface area contributed by atoms with E-state index < -0.39 is 9.84 Å². The molecule has 11 heteroatoms. The van der Waals surface area contributed by atoms with Crippen molar-refractivity contribution in [3.05, 3.63) is 73.9 Å². The van der Waals surface area contributed by atoms with Crippen LogP contribution in [0.2, 0.25) is 0 Å². The van der Waals surface area contributed by atoms with E-state index in [1.165, 1.54) is 12.6 Å². The molecule has 0 atom stereocenters. The van der Waals surface area contributed by atoms with E-state index in [-0.39, 0.29) is 6.10 Å². The first-order chi connectivity index (χ1) is 18.9. The fraction of sp³-hybridized carbons (Fsp3) is 0.357. The summed E-state index contributed by atoms with van der Waals surface area (Å²) in [5.74, 6) is 1.98. The van der Waals surface area contributed by atoms with E-state index in [4.69, 9.17) is 4.74 Å². The largest absolute Gasteiger partial charge is 0.474 e. The van der Waals surface area contributed by atoms with Gasteiger partial charge < -0.3 is 19.4 Å². The zero-order chi connectivity index (χ0) is 27.4. The Morgan fingerprint density at radius 3 is 2.41 bits per heavy atom. The van der Waals surface area contributed by atoms with Crippen LogP contribution in [0, 0.1) is 0 Å². The first-order valence-corrected chi connectivity index (χ1v) is 14.9. The van der Waals surface area contributed by atoms with Gasteiger partial charge in [0.25, 0.3) is 0 Å². The molecular weight excluding hydrogens is 514 g/mol. The van der Waals surface area contributed by atoms with Crippen molar-refractivity contribution in [2.24, 2.45) is 0 Å². The van der Waals surface area contributed by atoms with Gasteiger partial charge in [0.2, 0.25) is 11.8 Å². The molecule has 0 amide bonds. The number of anilines is 4. The molecule has 1 saturated heterocycles. The topological polar surface area (TPSA) is 105 Å². The normalized spacial score (nSPS) is 15.6. The quantitative estimate of drug-likeness (QED) is 0.350. The summed E-state index contributed by atoms with van der Waals surface area (Å²) >= 11 is 0. The number of hydrogen-bond donors (Lipinski definition) is 0. The first kappa shape index (κ1) is 26.6. The number of nitrogens with zero attached hydrogens (tertiary/aromatic N) is 7. The van der Waals surface area contributed by atoms with Crippen molar-refractivity contribution in [3.8, 4) is 5.88 Å². The maximum absolute atomic E-state index is 11.9. The Hall–Kier alpha value is -3.99. The number of rotatable bonds is 10. The van der Waals surface area contributed by atoms with Crippen molar-refractivity contribution < 1.29 is 13.2 Å². The lowest BCUT2D eigenvalue weighted by atomic mass is 10.1. The Balaban J connectivity index is 1.19. The van der Waals surface area contributed by atoms with Gasteiger partial charge in [-0.1, -0.05) is 12.2 Å². The van der Waals surface area contributed by atoms with Gasteiger partial charge in [-0.2, -0.15) is 0 Å². The molecule has 0 aliphatic carbocycles. The van der Waals surface area contributed by atoms with E-state index in [0.717, 1.165) is 61.7 Å². The molecule has 0 spiro atoms. The van der Waals surface area contributed by atoms with E-state index in [1.807, 2.05) is 36.7 Å². The third kappa shape index (κ3) is 6.03. The van der Waals surface area contributed by atoms with E-state index in [2.05, 4.69) is 47.8 Å². The van der Waals surface area contributed by atoms with Gasteiger partial charge in [-0.3, -0.25) is 0 Å². The highest BCUT2D eigenvalue weighted by Gasteiger charge is 2.26. The number of ether oxygens (including phenoxy) is 1. The molecule has 2 aliphatic heterocycles. The molecule has 1 aromatic carbocycles. The highest BCUT2D eigenvalue weighted by molar-refractivity contribution is 7.90. The van der Waals surface area contributed by atoms with Gasteiger partial charge in [0.15, 0.2) is 9.84 Å². The van der Waals surface area contributed by atoms with Crippen molar-refractivity contribution in [3.63, 3.8) is 0 Å². The number of aromatic nitrogens is 4. The first-order valence-electron chi connectivity index (χ1n) is 13.0. The fourth-order valence-corrected chi connectivity index (χ4v) is 5.64. The Morgan fingerprint density at radius 2 is 1.74 bits per heavy atom. The van der Waals surface area contributed by atoms with Crippen LogP contribution < -0.4 is 19.4 Å². The van der Waals surface area contributed by atoms with Gasteiger partial charge in [-0.15, -0.1) is 13.2 Å². The highest BCUT2D eigenvalue weighted by atomic mass is 32.2. The zero-order valence-electron chi connectivity index (χ0n) is 22.1. The monoisotopic (exact) mass is 547 g/mol. The van der Waals surface area contributed by atoms with Crippen molar-refractivity contribution in [2.75, 3.05) is 53.7 Å². The number of fused-ring (bicyclic) bond motifs is 1. The van der Waals surface area contributed by atoms with Crippen LogP contribution in [-0.4, -0.2) is 73.4 Å². The van der Waals surface area contributed by atoms with E-state index in [1.54, 1.807) is 12.1 Å². The standard InChI is InChI=1S/C28H33N7O3S/c1-4-11-33(12-5-2)22-18-29-28(30-19-22)34-13-9-23(10-14-34)38-27-17-26(31-20-32-27)35-15-8-21-16-24(39(3,36)37)6-7-25(21)35/h4-7,16-20,23H,1-2,8-15H2,3H3. The smallest absolute Gasteiger partial charge is 0.225 e. The minimum Gasteiger partial charge on any atom is -0.474 e. The van der Waals surface area contributed by atoms with E-state index >= 15 is 0 Å². The van der Waals surface area contributed by atoms with Crippen molar-refractivity contribution in [1.82, 2.24) is 19.9 Å². The van der Waals surface area contributed by atoms with Crippen LogP contribution in [0.4, 0.5) is 23.1 Å². The molecule has 0 N–H and O–H groups in total. The van der Waals surface area contributed by atoms with Gasteiger partial charge in [-0.05, 0) is 30.2 Å². The molecule has 0 bridgehead atoms. The second kappa shape index (κ2) is 11.4. The maximum Gasteiger partial charge on any atom is 0.225 e. The average Bonchev–Trinajstić information content (AvgIpc) is 3.37. The highest BCUT2D eigenvalue weighted by Crippen LogP contribution is 2.35. The SMILES string of the molecule is C=CCN(CC=C)c1cnc(N2CCC(Oc3cc(N4CCc5cc(S(C)(=O)=O)ccc54)ncn3)CC2)nc1. The van der Waals surface area contributed by atoms with Gasteiger partial charge in [0, 0.05) is 63.6 Å². The maximum atomic E-state index is 11.9. The van der Waals surface area contributed by atoms with Crippen molar-refractivity contribution in [1.29, 1.82) is 0 Å². The number of sulfone groups is 1. The summed E-state index contributed by atoms with van der Waals surface area (Å²) in [5.41, 5.74) is 2.90. The predicted molar refractivity (Wildman–Crippen MR) is 153 cm³/mol. The fourth-order valence-electron chi connectivity index (χ4n) is 4.97. The summed E-state index contributed by atoms with van der Waals surface area (Å²) < 4.78 is 30.1. The van der Waals surface area contributed by atoms with Crippen LogP contribution in [-0.2, 0) is 16.3 Å². The lowest BCUT2D eigenvalue weighted by Gasteiger charge is -2.32. The summed E-state index contributed by atoms with van der Waals surface area (Å²) in [5, 5.41) is 0. The molecule has 3 aromatic rings. The Kier molecular flexibility index (Phi) is 7.78. The van der Waals surface area contributed by atoms with Crippen molar-refractivity contribution in [2.45, 2.75) is 30.3 Å². The lowest BCUT2D eigenvalue weighted by Crippen LogP contribution is -2.39. The van der Waals surface area contributed by atoms with Crippen LogP contribution in [0.3, 0.4) is 0 Å². The molecule has 0 unspecified atom stereocenters.